The molecule has 0 spiro atoms. The van der Waals surface area contributed by atoms with Gasteiger partial charge in [-0.05, 0) is 43.2 Å². The third-order valence-electron chi connectivity index (χ3n) is 3.48. The van der Waals surface area contributed by atoms with E-state index < -0.39 is 0 Å². The lowest BCUT2D eigenvalue weighted by Crippen LogP contribution is -2.25. The van der Waals surface area contributed by atoms with Gasteiger partial charge in [0.05, 0.1) is 9.75 Å². The van der Waals surface area contributed by atoms with E-state index in [0.717, 1.165) is 17.1 Å². The van der Waals surface area contributed by atoms with Crippen molar-refractivity contribution in [1.82, 2.24) is 5.32 Å². The molecule has 3 rings (SSSR count). The van der Waals surface area contributed by atoms with Crippen LogP contribution in [0.15, 0.2) is 30.3 Å². The number of carbonyl (C=O) groups excluding carboxylic acids is 2. The summed E-state index contributed by atoms with van der Waals surface area (Å²) in [5.41, 5.74) is 1.07. The molecule has 5 nitrogen and oxygen atoms in total. The molecule has 2 heterocycles. The van der Waals surface area contributed by atoms with E-state index in [1.807, 2.05) is 18.2 Å². The Balaban J connectivity index is 1.54. The number of hydrogen-bond donors (Lipinski definition) is 1. The summed E-state index contributed by atoms with van der Waals surface area (Å²) < 4.78 is 11.0. The minimum Gasteiger partial charge on any atom is -0.486 e. The van der Waals surface area contributed by atoms with E-state index in [1.54, 1.807) is 12.1 Å². The first-order valence-corrected chi connectivity index (χ1v) is 8.22. The number of Topliss-reactive ketones (excluding diaryl/α,β-unsaturated/α-hetero) is 1. The largest absolute Gasteiger partial charge is 0.486 e. The molecule has 1 aliphatic rings. The molecule has 2 aromatic rings. The monoisotopic (exact) mass is 331 g/mol. The Morgan fingerprint density at radius 2 is 1.83 bits per heavy atom. The number of fused-ring (bicyclic) bond motifs is 1. The standard InChI is InChI=1S/C17H17NO4S/c1-11(19)15-4-5-16(23-15)17(20)18-7-6-12-2-3-13-14(10-12)22-9-8-21-13/h2-5,10H,6-9H2,1H3,(H,18,20). The summed E-state index contributed by atoms with van der Waals surface area (Å²) in [7, 11) is 0. The van der Waals surface area contributed by atoms with Crippen LogP contribution in [-0.4, -0.2) is 31.4 Å². The molecule has 0 radical (unpaired) electrons. The minimum absolute atomic E-state index is 0.0228. The van der Waals surface area contributed by atoms with Crippen molar-refractivity contribution in [2.75, 3.05) is 19.8 Å². The highest BCUT2D eigenvalue weighted by Crippen LogP contribution is 2.30. The number of carbonyl (C=O) groups is 2. The molecule has 0 bridgehead atoms. The summed E-state index contributed by atoms with van der Waals surface area (Å²) in [4.78, 5) is 24.5. The number of hydrogen-bond acceptors (Lipinski definition) is 5. The van der Waals surface area contributed by atoms with Crippen molar-refractivity contribution in [2.24, 2.45) is 0 Å². The van der Waals surface area contributed by atoms with E-state index in [4.69, 9.17) is 9.47 Å². The summed E-state index contributed by atoms with van der Waals surface area (Å²) in [6.07, 6.45) is 0.702. The van der Waals surface area contributed by atoms with Gasteiger partial charge in [-0.3, -0.25) is 9.59 Å². The van der Waals surface area contributed by atoms with E-state index in [2.05, 4.69) is 5.32 Å². The van der Waals surface area contributed by atoms with Crippen molar-refractivity contribution >= 4 is 23.0 Å². The van der Waals surface area contributed by atoms with Crippen LogP contribution in [0.25, 0.3) is 0 Å². The van der Waals surface area contributed by atoms with Crippen LogP contribution in [0, 0.1) is 0 Å². The molecule has 1 aliphatic heterocycles. The van der Waals surface area contributed by atoms with Crippen LogP contribution in [0.3, 0.4) is 0 Å². The van der Waals surface area contributed by atoms with E-state index in [9.17, 15) is 9.59 Å². The lowest BCUT2D eigenvalue weighted by Gasteiger charge is -2.18. The summed E-state index contributed by atoms with van der Waals surface area (Å²) in [6.45, 7) is 3.15. The number of ketones is 1. The Bertz CT molecular complexity index is 738. The summed E-state index contributed by atoms with van der Waals surface area (Å²) in [5, 5.41) is 2.87. The maximum atomic E-state index is 12.0. The van der Waals surface area contributed by atoms with Crippen LogP contribution in [-0.2, 0) is 6.42 Å². The maximum Gasteiger partial charge on any atom is 0.261 e. The van der Waals surface area contributed by atoms with Gasteiger partial charge in [-0.25, -0.2) is 0 Å². The molecule has 1 aromatic carbocycles. The number of benzene rings is 1. The van der Waals surface area contributed by atoms with Gasteiger partial charge in [0, 0.05) is 6.54 Å². The van der Waals surface area contributed by atoms with Crippen LogP contribution < -0.4 is 14.8 Å². The molecule has 0 unspecified atom stereocenters. The summed E-state index contributed by atoms with van der Waals surface area (Å²) in [5.74, 6) is 1.34. The first-order chi connectivity index (χ1) is 11.1. The Kier molecular flexibility index (Phi) is 4.62. The molecule has 23 heavy (non-hydrogen) atoms. The molecule has 1 amide bonds. The van der Waals surface area contributed by atoms with Crippen LogP contribution in [0.5, 0.6) is 11.5 Å². The lowest BCUT2D eigenvalue weighted by atomic mass is 10.1. The van der Waals surface area contributed by atoms with Gasteiger partial charge in [-0.15, -0.1) is 11.3 Å². The fourth-order valence-corrected chi connectivity index (χ4v) is 3.12. The van der Waals surface area contributed by atoms with Gasteiger partial charge >= 0.3 is 0 Å². The maximum absolute atomic E-state index is 12.0. The third kappa shape index (κ3) is 3.71. The average Bonchev–Trinajstić information content (AvgIpc) is 3.05. The van der Waals surface area contributed by atoms with Crippen molar-refractivity contribution < 1.29 is 19.1 Å². The molecule has 0 saturated carbocycles. The number of rotatable bonds is 5. The van der Waals surface area contributed by atoms with Gasteiger partial charge in [0.2, 0.25) is 0 Å². The zero-order chi connectivity index (χ0) is 16.2. The Labute approximate surface area is 138 Å². The molecule has 0 fully saturated rings. The normalized spacial score (nSPS) is 12.7. The van der Waals surface area contributed by atoms with E-state index in [1.165, 1.54) is 18.3 Å². The van der Waals surface area contributed by atoms with Crippen LogP contribution >= 0.6 is 11.3 Å². The van der Waals surface area contributed by atoms with Gasteiger partial charge in [0.25, 0.3) is 5.91 Å². The molecule has 0 saturated heterocycles. The van der Waals surface area contributed by atoms with Crippen molar-refractivity contribution in [3.8, 4) is 11.5 Å². The zero-order valence-electron chi connectivity index (χ0n) is 12.8. The second-order valence-corrected chi connectivity index (χ2v) is 6.29. The van der Waals surface area contributed by atoms with Crippen molar-refractivity contribution in [3.05, 3.63) is 45.6 Å². The van der Waals surface area contributed by atoms with Gasteiger partial charge in [-0.2, -0.15) is 0 Å². The highest BCUT2D eigenvalue weighted by Gasteiger charge is 2.13. The van der Waals surface area contributed by atoms with Crippen molar-refractivity contribution in [2.45, 2.75) is 13.3 Å². The zero-order valence-corrected chi connectivity index (χ0v) is 13.6. The van der Waals surface area contributed by atoms with E-state index >= 15 is 0 Å². The second-order valence-electron chi connectivity index (χ2n) is 5.20. The smallest absolute Gasteiger partial charge is 0.261 e. The first kappa shape index (κ1) is 15.6. The average molecular weight is 331 g/mol. The van der Waals surface area contributed by atoms with Crippen LogP contribution in [0.4, 0.5) is 0 Å². The van der Waals surface area contributed by atoms with Crippen molar-refractivity contribution in [3.63, 3.8) is 0 Å². The van der Waals surface area contributed by atoms with E-state index in [-0.39, 0.29) is 11.7 Å². The van der Waals surface area contributed by atoms with Crippen molar-refractivity contribution in [1.29, 1.82) is 0 Å². The van der Waals surface area contributed by atoms with Gasteiger partial charge in [0.15, 0.2) is 17.3 Å². The quantitative estimate of drug-likeness (QED) is 0.856. The molecule has 120 valence electrons. The topological polar surface area (TPSA) is 64.6 Å². The first-order valence-electron chi connectivity index (χ1n) is 7.41. The highest BCUT2D eigenvalue weighted by molar-refractivity contribution is 7.15. The minimum atomic E-state index is -0.153. The Hall–Kier alpha value is -2.34. The molecular weight excluding hydrogens is 314 g/mol. The molecule has 6 heteroatoms. The lowest BCUT2D eigenvalue weighted by molar-refractivity contribution is 0.0957. The summed E-state index contributed by atoms with van der Waals surface area (Å²) >= 11 is 1.22. The van der Waals surface area contributed by atoms with Gasteiger partial charge in [0.1, 0.15) is 13.2 Å². The Morgan fingerprint density at radius 1 is 1.09 bits per heavy atom. The van der Waals surface area contributed by atoms with E-state index in [0.29, 0.717) is 35.9 Å². The third-order valence-corrected chi connectivity index (χ3v) is 4.67. The number of ether oxygens (including phenoxy) is 2. The number of nitrogens with one attached hydrogen (secondary N) is 1. The molecule has 1 aromatic heterocycles. The number of amides is 1. The van der Waals surface area contributed by atoms with Crippen LogP contribution in [0.2, 0.25) is 0 Å². The predicted molar refractivity (Wildman–Crippen MR) is 87.8 cm³/mol. The second kappa shape index (κ2) is 6.83. The van der Waals surface area contributed by atoms with Crippen LogP contribution in [0.1, 0.15) is 31.8 Å². The molecule has 0 aliphatic carbocycles. The molecule has 0 atom stereocenters. The highest BCUT2D eigenvalue weighted by atomic mass is 32.1. The SMILES string of the molecule is CC(=O)c1ccc(C(=O)NCCc2ccc3c(c2)OCCO3)s1. The van der Waals surface area contributed by atoms with Gasteiger partial charge < -0.3 is 14.8 Å². The fourth-order valence-electron chi connectivity index (χ4n) is 2.30. The fraction of sp³-hybridized carbons (Fsp3) is 0.294. The predicted octanol–water partition coefficient (Wildman–Crippen LogP) is 2.69. The van der Waals surface area contributed by atoms with Gasteiger partial charge in [-0.1, -0.05) is 6.07 Å². The Morgan fingerprint density at radius 3 is 2.57 bits per heavy atom. The molecular formula is C17H17NO4S. The molecule has 1 N–H and O–H groups in total. The summed E-state index contributed by atoms with van der Waals surface area (Å²) in [6, 6.07) is 9.17. The number of thiophene rings is 1.